The minimum atomic E-state index is -2.33. The second-order valence-electron chi connectivity index (χ2n) is 0.661. The molecule has 0 rings (SSSR count). The third kappa shape index (κ3) is 68.5. The molecule has 0 aliphatic rings. The Balaban J connectivity index is 0. The Morgan fingerprint density at radius 1 is 2.00 bits per heavy atom. The lowest BCUT2D eigenvalue weighted by Gasteiger charge is -1.53. The van der Waals surface area contributed by atoms with Gasteiger partial charge in [0, 0.05) is 0 Å². The van der Waals surface area contributed by atoms with E-state index in [4.69, 9.17) is 9.90 Å². The highest BCUT2D eigenvalue weighted by Crippen LogP contribution is 1.58. The van der Waals surface area contributed by atoms with E-state index in [0.717, 1.165) is 0 Å². The Kier molecular flexibility index (Phi) is 12.1. The van der Waals surface area contributed by atoms with Crippen molar-refractivity contribution in [3.05, 3.63) is 12.7 Å². The highest BCUT2D eigenvalue weighted by atomic mass is 19.1. The van der Waals surface area contributed by atoms with E-state index >= 15 is 0 Å². The Morgan fingerprint density at radius 2 is 2.00 bits per heavy atom. The predicted molar refractivity (Wildman–Crippen MR) is 25.0 cm³/mol. The van der Waals surface area contributed by atoms with Crippen LogP contribution in [0.15, 0.2) is 12.7 Å². The normalized spacial score (nSPS) is 5.43. The number of hydrogen-bond acceptors (Lipinski definition) is 1. The Bertz CT molecular complexity index is 56.7. The van der Waals surface area contributed by atoms with Crippen molar-refractivity contribution in [2.45, 2.75) is 6.92 Å². The lowest BCUT2D eigenvalue weighted by atomic mass is 10.8. The molecule has 0 heterocycles. The van der Waals surface area contributed by atoms with Gasteiger partial charge < -0.3 is 5.11 Å². The van der Waals surface area contributed by atoms with Crippen LogP contribution in [0.25, 0.3) is 0 Å². The van der Waals surface area contributed by atoms with Gasteiger partial charge in [0.2, 0.25) is 0 Å². The van der Waals surface area contributed by atoms with Gasteiger partial charge in [0.15, 0.2) is 0 Å². The molecule has 0 radical (unpaired) electrons. The molecule has 0 saturated heterocycles. The van der Waals surface area contributed by atoms with Gasteiger partial charge in [-0.15, -0.1) is 11.0 Å². The summed E-state index contributed by atoms with van der Waals surface area (Å²) in [6, 6.07) is 0. The third-order valence-corrected chi connectivity index (χ3v) is 0. The van der Waals surface area contributed by atoms with E-state index in [0.29, 0.717) is 0 Å². The van der Waals surface area contributed by atoms with Gasteiger partial charge in [-0.25, -0.2) is 4.79 Å². The summed E-state index contributed by atoms with van der Waals surface area (Å²) >= 11 is 0. The molecule has 2 nitrogen and oxygen atoms in total. The summed E-state index contributed by atoms with van der Waals surface area (Å²) in [6.07, 6.45) is -0.583. The third-order valence-electron chi connectivity index (χ3n) is 0. The molecule has 3 heteroatoms. The monoisotopic (exact) mass is 106 g/mol. The van der Waals surface area contributed by atoms with Crippen LogP contribution in [0.4, 0.5) is 9.18 Å². The number of halogens is 1. The molecular weight excluding hydrogens is 99.0 g/mol. The molecule has 0 atom stereocenters. The second-order valence-corrected chi connectivity index (χ2v) is 0.661. The minimum Gasteiger partial charge on any atom is -0.456 e. The van der Waals surface area contributed by atoms with Crippen molar-refractivity contribution in [3.8, 4) is 0 Å². The van der Waals surface area contributed by atoms with Gasteiger partial charge in [0.25, 0.3) is 0 Å². The Labute approximate surface area is 41.3 Å². The largest absolute Gasteiger partial charge is 0.492 e. The maximum atomic E-state index is 9.92. The van der Waals surface area contributed by atoms with Gasteiger partial charge in [0.1, 0.15) is 0 Å². The van der Waals surface area contributed by atoms with Gasteiger partial charge in [-0.2, -0.15) is 0 Å². The zero-order chi connectivity index (χ0) is 6.28. The van der Waals surface area contributed by atoms with E-state index in [-0.39, 0.29) is 0 Å². The van der Waals surface area contributed by atoms with E-state index in [1.54, 1.807) is 6.08 Å². The van der Waals surface area contributed by atoms with Gasteiger partial charge >= 0.3 is 6.22 Å². The standard InChI is InChI=1S/C3H6.CHFO2/c1-3-2;2-1(3)4/h3H,1H2,2H3;(H,3,4). The summed E-state index contributed by atoms with van der Waals surface area (Å²) in [4.78, 5) is 8.33. The number of carboxylic acid groups (broad SMARTS) is 1. The average molecular weight is 106 g/mol. The van der Waals surface area contributed by atoms with Crippen molar-refractivity contribution in [1.29, 1.82) is 0 Å². The molecule has 0 fully saturated rings. The quantitative estimate of drug-likeness (QED) is 0.377. The zero-order valence-corrected chi connectivity index (χ0v) is 4.02. The van der Waals surface area contributed by atoms with E-state index in [1.807, 2.05) is 6.92 Å². The highest BCUT2D eigenvalue weighted by Gasteiger charge is 1.74. The van der Waals surface area contributed by atoms with Crippen LogP contribution in [0.3, 0.4) is 0 Å². The predicted octanol–water partition coefficient (Wildman–Crippen LogP) is 1.83. The number of hydrogen-bond donors (Lipinski definition) is 1. The Hall–Kier alpha value is -0.860. The molecule has 0 aromatic heterocycles. The maximum absolute atomic E-state index is 9.92. The zero-order valence-electron chi connectivity index (χ0n) is 4.02. The van der Waals surface area contributed by atoms with E-state index in [1.165, 1.54) is 0 Å². The smallest absolute Gasteiger partial charge is 0.456 e. The fraction of sp³-hybridized carbons (Fsp3) is 0.250. The molecule has 7 heavy (non-hydrogen) atoms. The van der Waals surface area contributed by atoms with Gasteiger partial charge in [-0.3, -0.25) is 0 Å². The first-order chi connectivity index (χ1) is 3.15. The van der Waals surface area contributed by atoms with Gasteiger partial charge in [-0.05, 0) is 6.92 Å². The topological polar surface area (TPSA) is 37.3 Å². The van der Waals surface area contributed by atoms with Crippen molar-refractivity contribution >= 4 is 6.22 Å². The Morgan fingerprint density at radius 3 is 2.00 bits per heavy atom. The first kappa shape index (κ1) is 9.46. The van der Waals surface area contributed by atoms with Crippen molar-refractivity contribution in [2.24, 2.45) is 0 Å². The summed E-state index contributed by atoms with van der Waals surface area (Å²) in [5.74, 6) is 0. The van der Waals surface area contributed by atoms with Crippen LogP contribution in [-0.4, -0.2) is 11.3 Å². The fourth-order valence-corrected chi connectivity index (χ4v) is 0. The molecule has 0 bridgehead atoms. The molecular formula is C4H7FO2. The molecule has 42 valence electrons. The summed E-state index contributed by atoms with van der Waals surface area (Å²) in [5, 5.41) is 6.75. The lowest BCUT2D eigenvalue weighted by Crippen LogP contribution is -1.69. The van der Waals surface area contributed by atoms with Crippen LogP contribution in [-0.2, 0) is 0 Å². The molecule has 0 spiro atoms. The molecule has 0 amide bonds. The van der Waals surface area contributed by atoms with E-state index < -0.39 is 6.22 Å². The highest BCUT2D eigenvalue weighted by molar-refractivity contribution is 5.54. The van der Waals surface area contributed by atoms with E-state index in [9.17, 15) is 4.39 Å². The molecule has 0 aromatic carbocycles. The molecule has 0 unspecified atom stereocenters. The lowest BCUT2D eigenvalue weighted by molar-refractivity contribution is 0.169. The van der Waals surface area contributed by atoms with Crippen LogP contribution in [0.5, 0.6) is 0 Å². The maximum Gasteiger partial charge on any atom is 0.492 e. The molecule has 0 saturated carbocycles. The first-order valence-electron chi connectivity index (χ1n) is 1.60. The molecule has 0 aromatic rings. The first-order valence-corrected chi connectivity index (χ1v) is 1.60. The van der Waals surface area contributed by atoms with Crippen molar-refractivity contribution in [2.75, 3.05) is 0 Å². The molecule has 0 aliphatic heterocycles. The summed E-state index contributed by atoms with van der Waals surface area (Å²) < 4.78 is 9.92. The number of rotatable bonds is 0. The van der Waals surface area contributed by atoms with Crippen LogP contribution in [0, 0.1) is 0 Å². The SMILES string of the molecule is C=CC.O=C(O)F. The van der Waals surface area contributed by atoms with Gasteiger partial charge in [-0.1, -0.05) is 6.08 Å². The summed E-state index contributed by atoms with van der Waals surface area (Å²) in [7, 11) is 0. The van der Waals surface area contributed by atoms with Gasteiger partial charge in [0.05, 0.1) is 0 Å². The van der Waals surface area contributed by atoms with Crippen LogP contribution < -0.4 is 0 Å². The summed E-state index contributed by atoms with van der Waals surface area (Å²) in [5.41, 5.74) is 0. The van der Waals surface area contributed by atoms with Crippen LogP contribution in [0.2, 0.25) is 0 Å². The minimum absolute atomic E-state index is 1.75. The molecule has 1 N–H and O–H groups in total. The van der Waals surface area contributed by atoms with Crippen LogP contribution in [0.1, 0.15) is 6.92 Å². The summed E-state index contributed by atoms with van der Waals surface area (Å²) in [6.45, 7) is 5.25. The second kappa shape index (κ2) is 8.94. The van der Waals surface area contributed by atoms with E-state index in [2.05, 4.69) is 6.58 Å². The fourth-order valence-electron chi connectivity index (χ4n) is 0. The van der Waals surface area contributed by atoms with Crippen molar-refractivity contribution < 1.29 is 14.3 Å². The number of allylic oxidation sites excluding steroid dienone is 1. The number of carbonyl (C=O) groups is 1. The molecule has 0 aliphatic carbocycles. The average Bonchev–Trinajstić information content (AvgIpc) is 1.33. The van der Waals surface area contributed by atoms with Crippen molar-refractivity contribution in [1.82, 2.24) is 0 Å². The van der Waals surface area contributed by atoms with Crippen molar-refractivity contribution in [3.63, 3.8) is 0 Å². The van der Waals surface area contributed by atoms with Crippen LogP contribution >= 0.6 is 0 Å².